The molecule has 0 bridgehead atoms. The molecule has 1 fully saturated rings. The summed E-state index contributed by atoms with van der Waals surface area (Å²) >= 11 is 0. The topological polar surface area (TPSA) is 58.4 Å². The molecule has 4 rings (SSSR count). The van der Waals surface area contributed by atoms with E-state index in [1.165, 1.54) is 6.07 Å². The van der Waals surface area contributed by atoms with Gasteiger partial charge in [0.05, 0.1) is 6.54 Å². The molecule has 5 nitrogen and oxygen atoms in total. The summed E-state index contributed by atoms with van der Waals surface area (Å²) in [4.78, 5) is 14.0. The largest absolute Gasteiger partial charge is 0.360 e. The standard InChI is InChI=1S/C17H18FN3O2/c18-14-4-2-1-3-12(14)17-13-9-21(8-7-15(13)23-20-17)10-16(22)19-11-5-6-11/h1-4,11H,5-10H2,(H,19,22). The third-order valence-electron chi connectivity index (χ3n) is 4.35. The van der Waals surface area contributed by atoms with Crippen molar-refractivity contribution in [3.63, 3.8) is 0 Å². The van der Waals surface area contributed by atoms with Crippen LogP contribution < -0.4 is 5.32 Å². The van der Waals surface area contributed by atoms with Crippen molar-refractivity contribution in [2.45, 2.75) is 31.8 Å². The Balaban J connectivity index is 1.53. The monoisotopic (exact) mass is 315 g/mol. The first-order chi connectivity index (χ1) is 11.2. The smallest absolute Gasteiger partial charge is 0.234 e. The summed E-state index contributed by atoms with van der Waals surface area (Å²) in [6, 6.07) is 6.92. The second kappa shape index (κ2) is 5.77. The molecule has 6 heteroatoms. The van der Waals surface area contributed by atoms with Crippen LogP contribution >= 0.6 is 0 Å². The summed E-state index contributed by atoms with van der Waals surface area (Å²) in [5.41, 5.74) is 1.88. The highest BCUT2D eigenvalue weighted by atomic mass is 19.1. The highest BCUT2D eigenvalue weighted by Crippen LogP contribution is 2.31. The van der Waals surface area contributed by atoms with Gasteiger partial charge in [0.15, 0.2) is 0 Å². The molecule has 2 heterocycles. The number of rotatable bonds is 4. The quantitative estimate of drug-likeness (QED) is 0.939. The number of amides is 1. The summed E-state index contributed by atoms with van der Waals surface area (Å²) in [5, 5.41) is 7.05. The van der Waals surface area contributed by atoms with Gasteiger partial charge in [-0.3, -0.25) is 9.69 Å². The first-order valence-electron chi connectivity index (χ1n) is 7.95. The Hall–Kier alpha value is -2.21. The number of nitrogens with one attached hydrogen (secondary N) is 1. The highest BCUT2D eigenvalue weighted by molar-refractivity contribution is 5.78. The van der Waals surface area contributed by atoms with Crippen LogP contribution in [0.1, 0.15) is 24.2 Å². The van der Waals surface area contributed by atoms with Gasteiger partial charge in [-0.1, -0.05) is 17.3 Å². The van der Waals surface area contributed by atoms with E-state index in [1.807, 2.05) is 0 Å². The van der Waals surface area contributed by atoms with Crippen LogP contribution in [-0.2, 0) is 17.8 Å². The fraction of sp³-hybridized carbons (Fsp3) is 0.412. The molecule has 1 saturated carbocycles. The molecule has 2 aliphatic rings. The second-order valence-electron chi connectivity index (χ2n) is 6.22. The molecule has 0 saturated heterocycles. The van der Waals surface area contributed by atoms with Crippen LogP contribution in [0, 0.1) is 5.82 Å². The van der Waals surface area contributed by atoms with E-state index in [0.29, 0.717) is 36.8 Å². The van der Waals surface area contributed by atoms with E-state index in [0.717, 1.165) is 30.7 Å². The van der Waals surface area contributed by atoms with Gasteiger partial charge in [0.25, 0.3) is 0 Å². The summed E-state index contributed by atoms with van der Waals surface area (Å²) in [7, 11) is 0. The van der Waals surface area contributed by atoms with Gasteiger partial charge >= 0.3 is 0 Å². The Labute approximate surface area is 133 Å². The van der Waals surface area contributed by atoms with E-state index in [1.54, 1.807) is 18.2 Å². The third kappa shape index (κ3) is 2.99. The summed E-state index contributed by atoms with van der Waals surface area (Å²) in [6.07, 6.45) is 2.85. The molecule has 0 spiro atoms. The van der Waals surface area contributed by atoms with Crippen molar-refractivity contribution in [2.24, 2.45) is 0 Å². The van der Waals surface area contributed by atoms with Crippen LogP contribution in [-0.4, -0.2) is 35.1 Å². The molecule has 0 atom stereocenters. The van der Waals surface area contributed by atoms with Gasteiger partial charge in [-0.25, -0.2) is 4.39 Å². The van der Waals surface area contributed by atoms with E-state index < -0.39 is 0 Å². The van der Waals surface area contributed by atoms with Crippen molar-refractivity contribution in [2.75, 3.05) is 13.1 Å². The van der Waals surface area contributed by atoms with Crippen molar-refractivity contribution in [1.82, 2.24) is 15.4 Å². The minimum atomic E-state index is -0.313. The third-order valence-corrected chi connectivity index (χ3v) is 4.35. The average Bonchev–Trinajstić information content (AvgIpc) is 3.25. The Morgan fingerprint density at radius 3 is 3.00 bits per heavy atom. The lowest BCUT2D eigenvalue weighted by Gasteiger charge is -2.25. The maximum absolute atomic E-state index is 14.0. The number of fused-ring (bicyclic) bond motifs is 1. The summed E-state index contributed by atoms with van der Waals surface area (Å²) < 4.78 is 19.4. The van der Waals surface area contributed by atoms with E-state index in [2.05, 4.69) is 15.4 Å². The lowest BCUT2D eigenvalue weighted by molar-refractivity contribution is -0.122. The molecule has 1 aromatic carbocycles. The SMILES string of the molecule is O=C(CN1CCc2onc(-c3ccccc3F)c2C1)NC1CC1. The zero-order chi connectivity index (χ0) is 15.8. The van der Waals surface area contributed by atoms with Crippen molar-refractivity contribution in [1.29, 1.82) is 0 Å². The van der Waals surface area contributed by atoms with Crippen molar-refractivity contribution in [3.8, 4) is 11.3 Å². The summed E-state index contributed by atoms with van der Waals surface area (Å²) in [5.74, 6) is 0.536. The number of carbonyl (C=O) groups is 1. The minimum Gasteiger partial charge on any atom is -0.360 e. The molecule has 1 aromatic heterocycles. The lowest BCUT2D eigenvalue weighted by atomic mass is 10.0. The molecule has 1 amide bonds. The van der Waals surface area contributed by atoms with E-state index in [9.17, 15) is 9.18 Å². The molecule has 23 heavy (non-hydrogen) atoms. The van der Waals surface area contributed by atoms with Crippen LogP contribution in [0.4, 0.5) is 4.39 Å². The van der Waals surface area contributed by atoms with Gasteiger partial charge in [0, 0.05) is 36.7 Å². The number of nitrogens with zero attached hydrogens (tertiary/aromatic N) is 2. The van der Waals surface area contributed by atoms with Crippen molar-refractivity contribution >= 4 is 5.91 Å². The molecule has 120 valence electrons. The average molecular weight is 315 g/mol. The first kappa shape index (κ1) is 14.4. The van der Waals surface area contributed by atoms with Crippen LogP contribution in [0.5, 0.6) is 0 Å². The second-order valence-corrected chi connectivity index (χ2v) is 6.22. The lowest BCUT2D eigenvalue weighted by Crippen LogP contribution is -2.40. The molecule has 1 aliphatic heterocycles. The fourth-order valence-corrected chi connectivity index (χ4v) is 2.97. The zero-order valence-corrected chi connectivity index (χ0v) is 12.7. The molecule has 1 aliphatic carbocycles. The predicted molar refractivity (Wildman–Crippen MR) is 82.0 cm³/mol. The van der Waals surface area contributed by atoms with Gasteiger partial charge in [-0.15, -0.1) is 0 Å². The maximum Gasteiger partial charge on any atom is 0.234 e. The zero-order valence-electron chi connectivity index (χ0n) is 12.7. The molecule has 0 radical (unpaired) electrons. The van der Waals surface area contributed by atoms with Crippen LogP contribution in [0.2, 0.25) is 0 Å². The molecule has 1 N–H and O–H groups in total. The minimum absolute atomic E-state index is 0.0554. The van der Waals surface area contributed by atoms with E-state index in [-0.39, 0.29) is 11.7 Å². The van der Waals surface area contributed by atoms with Gasteiger partial charge < -0.3 is 9.84 Å². The molecular formula is C17H18FN3O2. The fourth-order valence-electron chi connectivity index (χ4n) is 2.97. The molecule has 2 aromatic rings. The van der Waals surface area contributed by atoms with Crippen molar-refractivity contribution < 1.29 is 13.7 Å². The Morgan fingerprint density at radius 2 is 2.22 bits per heavy atom. The Bertz CT molecular complexity index is 739. The van der Waals surface area contributed by atoms with Gasteiger partial charge in [0.1, 0.15) is 17.3 Å². The van der Waals surface area contributed by atoms with Crippen LogP contribution in [0.15, 0.2) is 28.8 Å². The van der Waals surface area contributed by atoms with Gasteiger partial charge in [-0.2, -0.15) is 0 Å². The predicted octanol–water partition coefficient (Wildman–Crippen LogP) is 2.12. The first-order valence-corrected chi connectivity index (χ1v) is 7.95. The highest BCUT2D eigenvalue weighted by Gasteiger charge is 2.28. The number of aromatic nitrogens is 1. The molecule has 0 unspecified atom stereocenters. The number of carbonyl (C=O) groups excluding carboxylic acids is 1. The van der Waals surface area contributed by atoms with E-state index >= 15 is 0 Å². The Kier molecular flexibility index (Phi) is 3.61. The van der Waals surface area contributed by atoms with Crippen LogP contribution in [0.3, 0.4) is 0 Å². The summed E-state index contributed by atoms with van der Waals surface area (Å²) in [6.45, 7) is 1.66. The number of hydrogen-bond donors (Lipinski definition) is 1. The number of hydrogen-bond acceptors (Lipinski definition) is 4. The van der Waals surface area contributed by atoms with Gasteiger partial charge in [-0.05, 0) is 25.0 Å². The van der Waals surface area contributed by atoms with E-state index in [4.69, 9.17) is 4.52 Å². The Morgan fingerprint density at radius 1 is 1.39 bits per heavy atom. The number of benzene rings is 1. The number of halogens is 1. The van der Waals surface area contributed by atoms with Crippen molar-refractivity contribution in [3.05, 3.63) is 41.4 Å². The normalized spacial score (nSPS) is 17.8. The van der Waals surface area contributed by atoms with Crippen LogP contribution in [0.25, 0.3) is 11.3 Å². The van der Waals surface area contributed by atoms with Gasteiger partial charge in [0.2, 0.25) is 5.91 Å². The maximum atomic E-state index is 14.0. The molecular weight excluding hydrogens is 297 g/mol.